The predicted octanol–water partition coefficient (Wildman–Crippen LogP) is 4.25. The Bertz CT molecular complexity index is 827. The van der Waals surface area contributed by atoms with Gasteiger partial charge in [-0.15, -0.1) is 0 Å². The Hall–Kier alpha value is -2.12. The average molecular weight is 366 g/mol. The van der Waals surface area contributed by atoms with Gasteiger partial charge in [0.2, 0.25) is 0 Å². The molecule has 3 aliphatic carbocycles. The van der Waals surface area contributed by atoms with Gasteiger partial charge in [-0.1, -0.05) is 12.1 Å². The Morgan fingerprint density at radius 3 is 2.08 bits per heavy atom. The smallest absolute Gasteiger partial charge is 0.338 e. The van der Waals surface area contributed by atoms with Crippen molar-refractivity contribution in [3.8, 4) is 12.1 Å². The Balaban J connectivity index is 1.94. The predicted molar refractivity (Wildman–Crippen MR) is 84.7 cm³/mol. The van der Waals surface area contributed by atoms with Crippen molar-refractivity contribution in [1.82, 2.24) is 0 Å². The molecule has 2 bridgehead atoms. The molecule has 0 unspecified atom stereocenters. The average Bonchev–Trinajstić information content (AvgIpc) is 2.60. The summed E-state index contributed by atoms with van der Waals surface area (Å²) < 4.78 is 57.8. The van der Waals surface area contributed by atoms with E-state index in [0.717, 1.165) is 0 Å². The van der Waals surface area contributed by atoms with E-state index in [1.807, 2.05) is 12.1 Å². The maximum atomic E-state index is 14.6. The number of nitrogens with zero attached hydrogens (tertiary/aromatic N) is 2. The first-order valence-corrected chi connectivity index (χ1v) is 8.46. The van der Waals surface area contributed by atoms with Crippen molar-refractivity contribution in [3.05, 3.63) is 34.4 Å². The van der Waals surface area contributed by atoms with Crippen molar-refractivity contribution in [2.24, 2.45) is 5.41 Å². The summed E-state index contributed by atoms with van der Waals surface area (Å²) in [6, 6.07) is 7.08. The van der Waals surface area contributed by atoms with E-state index in [2.05, 4.69) is 0 Å². The van der Waals surface area contributed by atoms with Crippen LogP contribution in [0.2, 0.25) is 0 Å². The van der Waals surface area contributed by atoms with Crippen LogP contribution in [0.1, 0.15) is 54.4 Å². The molecule has 1 N–H and O–H groups in total. The minimum Gasteiger partial charge on any atom is -0.383 e. The molecule has 0 saturated heterocycles. The van der Waals surface area contributed by atoms with Crippen molar-refractivity contribution >= 4 is 0 Å². The molecule has 1 aromatic rings. The Labute approximate surface area is 148 Å². The zero-order chi connectivity index (χ0) is 19.4. The molecule has 0 heterocycles. The summed E-state index contributed by atoms with van der Waals surface area (Å²) in [5.41, 5.74) is -3.25. The van der Waals surface area contributed by atoms with Crippen molar-refractivity contribution in [3.63, 3.8) is 0 Å². The quantitative estimate of drug-likeness (QED) is 0.814. The molecule has 26 heavy (non-hydrogen) atoms. The Morgan fingerprint density at radius 2 is 1.54 bits per heavy atom. The topological polar surface area (TPSA) is 67.8 Å². The number of halogens is 4. The van der Waals surface area contributed by atoms with Crippen LogP contribution >= 0.6 is 0 Å². The van der Waals surface area contributed by atoms with E-state index < -0.39 is 22.9 Å². The molecule has 7 heteroatoms. The van der Waals surface area contributed by atoms with E-state index >= 15 is 0 Å². The number of hydrogen-bond acceptors (Lipinski definition) is 3. The standard InChI is InChI=1S/C19H18F4N2O/c1-12-2-3-13(15(11-25)14(12)10-24)4-5-16-6-8-17(26,9-7-16)19(22,23)18(16,20)21/h2-3,26H,4-9H2,1H3. The third-order valence-corrected chi connectivity index (χ3v) is 6.28. The van der Waals surface area contributed by atoms with Crippen LogP contribution in [0.3, 0.4) is 0 Å². The molecular formula is C19H18F4N2O. The third-order valence-electron chi connectivity index (χ3n) is 6.28. The molecule has 3 fully saturated rings. The van der Waals surface area contributed by atoms with Gasteiger partial charge in [0.15, 0.2) is 0 Å². The second-order valence-corrected chi connectivity index (χ2v) is 7.48. The lowest BCUT2D eigenvalue weighted by molar-refractivity contribution is -0.383. The fourth-order valence-corrected chi connectivity index (χ4v) is 4.41. The van der Waals surface area contributed by atoms with Crippen molar-refractivity contribution in [2.75, 3.05) is 0 Å². The highest BCUT2D eigenvalue weighted by Gasteiger charge is 2.81. The molecule has 3 aliphatic rings. The van der Waals surface area contributed by atoms with Gasteiger partial charge in [-0.3, -0.25) is 0 Å². The van der Waals surface area contributed by atoms with Crippen LogP contribution in [0.5, 0.6) is 0 Å². The molecule has 0 aliphatic heterocycles. The van der Waals surface area contributed by atoms with E-state index in [1.165, 1.54) is 0 Å². The number of hydrogen-bond donors (Lipinski definition) is 1. The fraction of sp³-hybridized carbons (Fsp3) is 0.579. The Kier molecular flexibility index (Phi) is 4.08. The minimum atomic E-state index is -4.47. The zero-order valence-corrected chi connectivity index (χ0v) is 14.3. The summed E-state index contributed by atoms with van der Waals surface area (Å²) in [5, 5.41) is 28.5. The van der Waals surface area contributed by atoms with Crippen LogP contribution in [-0.4, -0.2) is 22.6 Å². The van der Waals surface area contributed by atoms with E-state index in [9.17, 15) is 33.2 Å². The van der Waals surface area contributed by atoms with Crippen LogP contribution in [0, 0.1) is 35.0 Å². The van der Waals surface area contributed by atoms with Crippen LogP contribution in [0.4, 0.5) is 17.6 Å². The molecule has 4 rings (SSSR count). The summed E-state index contributed by atoms with van der Waals surface area (Å²) >= 11 is 0. The van der Waals surface area contributed by atoms with Crippen LogP contribution in [0.15, 0.2) is 12.1 Å². The summed E-state index contributed by atoms with van der Waals surface area (Å²) in [6.45, 7) is 1.67. The highest BCUT2D eigenvalue weighted by Crippen LogP contribution is 2.68. The van der Waals surface area contributed by atoms with Crippen molar-refractivity contribution in [2.45, 2.75) is 62.9 Å². The number of rotatable bonds is 3. The zero-order valence-electron chi connectivity index (χ0n) is 14.3. The Morgan fingerprint density at radius 1 is 0.962 bits per heavy atom. The molecule has 0 atom stereocenters. The van der Waals surface area contributed by atoms with Crippen molar-refractivity contribution < 1.29 is 22.7 Å². The van der Waals surface area contributed by atoms with Crippen LogP contribution < -0.4 is 0 Å². The summed E-state index contributed by atoms with van der Waals surface area (Å²) in [5.74, 6) is -8.79. The first-order valence-electron chi connectivity index (χ1n) is 8.46. The summed E-state index contributed by atoms with van der Waals surface area (Å²) in [6.07, 6.45) is -1.33. The number of aliphatic hydroxyl groups is 1. The number of alkyl halides is 4. The SMILES string of the molecule is Cc1ccc(CCC23CCC(O)(CC2)C(F)(F)C3(F)F)c(C#N)c1C#N. The molecule has 138 valence electrons. The molecular weight excluding hydrogens is 348 g/mol. The summed E-state index contributed by atoms with van der Waals surface area (Å²) in [7, 11) is 0. The van der Waals surface area contributed by atoms with Gasteiger partial charge < -0.3 is 5.11 Å². The van der Waals surface area contributed by atoms with Gasteiger partial charge in [0.25, 0.3) is 0 Å². The molecule has 3 nitrogen and oxygen atoms in total. The fourth-order valence-electron chi connectivity index (χ4n) is 4.41. The van der Waals surface area contributed by atoms with Gasteiger partial charge in [-0.2, -0.15) is 28.1 Å². The maximum absolute atomic E-state index is 14.6. The van der Waals surface area contributed by atoms with Crippen molar-refractivity contribution in [1.29, 1.82) is 10.5 Å². The molecule has 0 spiro atoms. The molecule has 1 aromatic carbocycles. The number of nitriles is 2. The monoisotopic (exact) mass is 366 g/mol. The number of fused-ring (bicyclic) bond motifs is 3. The number of benzene rings is 1. The van der Waals surface area contributed by atoms with E-state index in [0.29, 0.717) is 11.1 Å². The first kappa shape index (κ1) is 18.7. The minimum absolute atomic E-state index is 0.00194. The van der Waals surface area contributed by atoms with Gasteiger partial charge in [0, 0.05) is 5.41 Å². The second kappa shape index (κ2) is 5.69. The van der Waals surface area contributed by atoms with Gasteiger partial charge in [-0.25, -0.2) is 0 Å². The third kappa shape index (κ3) is 2.20. The molecule has 0 amide bonds. The highest BCUT2D eigenvalue weighted by molar-refractivity contribution is 5.54. The van der Waals surface area contributed by atoms with Gasteiger partial charge in [-0.05, 0) is 56.6 Å². The summed E-state index contributed by atoms with van der Waals surface area (Å²) in [4.78, 5) is 0. The number of aryl methyl sites for hydroxylation is 2. The lowest BCUT2D eigenvalue weighted by atomic mass is 9.53. The van der Waals surface area contributed by atoms with Gasteiger partial charge in [0.05, 0.1) is 11.1 Å². The maximum Gasteiger partial charge on any atom is 0.338 e. The van der Waals surface area contributed by atoms with Crippen LogP contribution in [-0.2, 0) is 6.42 Å². The largest absolute Gasteiger partial charge is 0.383 e. The highest BCUT2D eigenvalue weighted by atomic mass is 19.3. The van der Waals surface area contributed by atoms with E-state index in [4.69, 9.17) is 0 Å². The lowest BCUT2D eigenvalue weighted by Gasteiger charge is -2.59. The van der Waals surface area contributed by atoms with E-state index in [-0.39, 0.29) is 49.7 Å². The normalized spacial score (nSPS) is 31.2. The van der Waals surface area contributed by atoms with E-state index in [1.54, 1.807) is 19.1 Å². The van der Waals surface area contributed by atoms with Gasteiger partial charge >= 0.3 is 11.8 Å². The van der Waals surface area contributed by atoms with Gasteiger partial charge in [0.1, 0.15) is 17.7 Å². The molecule has 3 saturated carbocycles. The lowest BCUT2D eigenvalue weighted by Crippen LogP contribution is -2.72. The first-order chi connectivity index (χ1) is 12.1. The second-order valence-electron chi connectivity index (χ2n) is 7.48. The van der Waals surface area contributed by atoms with Crippen LogP contribution in [0.25, 0.3) is 0 Å². The molecule has 0 radical (unpaired) electrons. The molecule has 0 aromatic heterocycles.